The molecule has 0 aliphatic rings. The van der Waals surface area contributed by atoms with Crippen LogP contribution in [0.1, 0.15) is 20.3 Å². The summed E-state index contributed by atoms with van der Waals surface area (Å²) in [6.07, 6.45) is 0.226. The number of phenolic OH excluding ortho intramolecular Hbond substituents is 1. The van der Waals surface area contributed by atoms with Crippen molar-refractivity contribution < 1.29 is 14.6 Å². The second kappa shape index (κ2) is 5.05. The number of hydrogen-bond donors (Lipinski definition) is 3. The van der Waals surface area contributed by atoms with Crippen molar-refractivity contribution in [2.45, 2.75) is 25.9 Å². The van der Waals surface area contributed by atoms with Gasteiger partial charge >= 0.3 is 0 Å². The summed E-state index contributed by atoms with van der Waals surface area (Å²) >= 11 is 0. The lowest BCUT2D eigenvalue weighted by molar-refractivity contribution is -0.121. The normalized spacial score (nSPS) is 11.2. The molecule has 1 amide bonds. The van der Waals surface area contributed by atoms with Crippen molar-refractivity contribution in [2.75, 3.05) is 18.2 Å². The number of nitrogens with two attached hydrogens (primary N) is 1. The Kier molecular flexibility index (Phi) is 3.96. The Bertz CT molecular complexity index is 416. The fourth-order valence-electron chi connectivity index (χ4n) is 1.32. The van der Waals surface area contributed by atoms with E-state index in [1.807, 2.05) is 13.8 Å². The zero-order valence-corrected chi connectivity index (χ0v) is 10.3. The van der Waals surface area contributed by atoms with Gasteiger partial charge < -0.3 is 20.9 Å². The Morgan fingerprint density at radius 3 is 2.71 bits per heavy atom. The average molecular weight is 238 g/mol. The number of aromatic hydroxyl groups is 1. The number of hydrogen-bond acceptors (Lipinski definition) is 4. The van der Waals surface area contributed by atoms with Crippen LogP contribution < -0.4 is 11.1 Å². The molecule has 1 aromatic carbocycles. The number of methoxy groups -OCH3 is 1. The van der Waals surface area contributed by atoms with Gasteiger partial charge in [0.2, 0.25) is 5.91 Å². The highest BCUT2D eigenvalue weighted by Gasteiger charge is 2.21. The van der Waals surface area contributed by atoms with E-state index in [0.717, 1.165) is 0 Å². The molecule has 0 radical (unpaired) electrons. The lowest BCUT2D eigenvalue weighted by Gasteiger charge is -2.22. The third-order valence-electron chi connectivity index (χ3n) is 2.45. The monoisotopic (exact) mass is 238 g/mol. The first-order chi connectivity index (χ1) is 7.84. The summed E-state index contributed by atoms with van der Waals surface area (Å²) in [5.74, 6) is -0.119. The predicted molar refractivity (Wildman–Crippen MR) is 66.9 cm³/mol. The van der Waals surface area contributed by atoms with E-state index in [-0.39, 0.29) is 18.1 Å². The van der Waals surface area contributed by atoms with E-state index in [9.17, 15) is 9.90 Å². The second-order valence-electron chi connectivity index (χ2n) is 4.46. The molecule has 0 saturated carbocycles. The number of nitrogen functional groups attached to an aromatic ring is 1. The fraction of sp³-hybridized carbons (Fsp3) is 0.417. The third-order valence-corrected chi connectivity index (χ3v) is 2.45. The molecule has 0 saturated heterocycles. The summed E-state index contributed by atoms with van der Waals surface area (Å²) in [6, 6.07) is 4.41. The first-order valence-corrected chi connectivity index (χ1v) is 5.27. The molecule has 5 heteroatoms. The number of nitrogens with one attached hydrogen (secondary N) is 1. The molecule has 0 aliphatic heterocycles. The molecule has 0 heterocycles. The van der Waals surface area contributed by atoms with Crippen LogP contribution in [0, 0.1) is 0 Å². The van der Waals surface area contributed by atoms with Crippen molar-refractivity contribution in [3.05, 3.63) is 18.2 Å². The van der Waals surface area contributed by atoms with Crippen molar-refractivity contribution >= 4 is 17.3 Å². The molecule has 0 atom stereocenters. The molecular formula is C12H18N2O3. The highest BCUT2D eigenvalue weighted by molar-refractivity contribution is 5.94. The lowest BCUT2D eigenvalue weighted by atomic mass is 10.0. The second-order valence-corrected chi connectivity index (χ2v) is 4.46. The molecule has 4 N–H and O–H groups in total. The van der Waals surface area contributed by atoms with E-state index in [2.05, 4.69) is 5.32 Å². The van der Waals surface area contributed by atoms with Gasteiger partial charge in [0, 0.05) is 13.2 Å². The van der Waals surface area contributed by atoms with Crippen LogP contribution in [0.3, 0.4) is 0 Å². The van der Waals surface area contributed by atoms with Crippen LogP contribution >= 0.6 is 0 Å². The highest BCUT2D eigenvalue weighted by Crippen LogP contribution is 2.24. The molecule has 0 fully saturated rings. The topological polar surface area (TPSA) is 84.6 Å². The Morgan fingerprint density at radius 2 is 2.18 bits per heavy atom. The Balaban J connectivity index is 2.69. The maximum absolute atomic E-state index is 11.7. The van der Waals surface area contributed by atoms with Crippen molar-refractivity contribution in [3.8, 4) is 5.75 Å². The largest absolute Gasteiger partial charge is 0.508 e. The smallest absolute Gasteiger partial charge is 0.227 e. The molecule has 0 spiro atoms. The molecule has 94 valence electrons. The predicted octanol–water partition coefficient (Wildman–Crippen LogP) is 1.73. The van der Waals surface area contributed by atoms with Crippen LogP contribution in [0.4, 0.5) is 11.4 Å². The summed E-state index contributed by atoms with van der Waals surface area (Å²) in [7, 11) is 1.56. The van der Waals surface area contributed by atoms with Gasteiger partial charge in [-0.1, -0.05) is 0 Å². The fourth-order valence-corrected chi connectivity index (χ4v) is 1.32. The first kappa shape index (κ1) is 13.3. The minimum atomic E-state index is -0.518. The number of phenols is 1. The van der Waals surface area contributed by atoms with Gasteiger partial charge in [0.25, 0.3) is 0 Å². The average Bonchev–Trinajstić information content (AvgIpc) is 2.21. The van der Waals surface area contributed by atoms with Gasteiger partial charge in [-0.05, 0) is 26.0 Å². The molecule has 17 heavy (non-hydrogen) atoms. The lowest BCUT2D eigenvalue weighted by Crippen LogP contribution is -2.29. The van der Waals surface area contributed by atoms with Gasteiger partial charge in [-0.15, -0.1) is 0 Å². The van der Waals surface area contributed by atoms with Gasteiger partial charge in [0.15, 0.2) is 0 Å². The molecule has 0 unspecified atom stereocenters. The van der Waals surface area contributed by atoms with Gasteiger partial charge in [0.1, 0.15) is 5.75 Å². The van der Waals surface area contributed by atoms with Crippen molar-refractivity contribution in [1.82, 2.24) is 0 Å². The van der Waals surface area contributed by atoms with Crippen LogP contribution in [-0.2, 0) is 9.53 Å². The number of ether oxygens (including phenoxy) is 1. The van der Waals surface area contributed by atoms with E-state index < -0.39 is 5.60 Å². The minimum Gasteiger partial charge on any atom is -0.508 e. The number of amides is 1. The number of carbonyl (C=O) groups excluding carboxylic acids is 1. The van der Waals surface area contributed by atoms with Crippen LogP contribution in [0.5, 0.6) is 5.75 Å². The van der Waals surface area contributed by atoms with E-state index >= 15 is 0 Å². The van der Waals surface area contributed by atoms with E-state index in [4.69, 9.17) is 10.5 Å². The van der Waals surface area contributed by atoms with Crippen molar-refractivity contribution in [3.63, 3.8) is 0 Å². The zero-order valence-electron chi connectivity index (χ0n) is 10.3. The number of carbonyl (C=O) groups is 1. The summed E-state index contributed by atoms with van der Waals surface area (Å²) < 4.78 is 5.16. The minimum absolute atomic E-state index is 0.0673. The number of benzene rings is 1. The third kappa shape index (κ3) is 3.96. The van der Waals surface area contributed by atoms with Gasteiger partial charge in [0.05, 0.1) is 23.4 Å². The van der Waals surface area contributed by atoms with Crippen LogP contribution in [-0.4, -0.2) is 23.7 Å². The molecule has 1 aromatic rings. The molecule has 0 aliphatic carbocycles. The SMILES string of the molecule is COC(C)(C)CC(=O)Nc1ccc(O)cc1N. The Hall–Kier alpha value is -1.75. The summed E-state index contributed by atoms with van der Waals surface area (Å²) in [6.45, 7) is 3.65. The van der Waals surface area contributed by atoms with E-state index in [1.54, 1.807) is 13.2 Å². The first-order valence-electron chi connectivity index (χ1n) is 5.27. The summed E-state index contributed by atoms with van der Waals surface area (Å²) in [4.78, 5) is 11.7. The number of anilines is 2. The van der Waals surface area contributed by atoms with Gasteiger partial charge in [-0.25, -0.2) is 0 Å². The zero-order chi connectivity index (χ0) is 13.1. The maximum Gasteiger partial charge on any atom is 0.227 e. The molecular weight excluding hydrogens is 220 g/mol. The molecule has 0 aromatic heterocycles. The van der Waals surface area contributed by atoms with Crippen LogP contribution in [0.15, 0.2) is 18.2 Å². The van der Waals surface area contributed by atoms with E-state index in [0.29, 0.717) is 11.4 Å². The Morgan fingerprint density at radius 1 is 1.53 bits per heavy atom. The van der Waals surface area contributed by atoms with Crippen LogP contribution in [0.25, 0.3) is 0 Å². The molecule has 5 nitrogen and oxygen atoms in total. The van der Waals surface area contributed by atoms with Crippen molar-refractivity contribution in [1.29, 1.82) is 0 Å². The number of rotatable bonds is 4. The molecule has 1 rings (SSSR count). The standard InChI is InChI=1S/C12H18N2O3/c1-12(2,17-3)7-11(16)14-10-5-4-8(15)6-9(10)13/h4-6,15H,7,13H2,1-3H3,(H,14,16). The summed E-state index contributed by atoms with van der Waals surface area (Å²) in [5, 5.41) is 11.9. The summed E-state index contributed by atoms with van der Waals surface area (Å²) in [5.41, 5.74) is 5.96. The molecule has 0 bridgehead atoms. The Labute approximate surface area is 101 Å². The van der Waals surface area contributed by atoms with E-state index in [1.165, 1.54) is 12.1 Å². The van der Waals surface area contributed by atoms with Gasteiger partial charge in [-0.3, -0.25) is 4.79 Å². The van der Waals surface area contributed by atoms with Crippen LogP contribution in [0.2, 0.25) is 0 Å². The van der Waals surface area contributed by atoms with Crippen molar-refractivity contribution in [2.24, 2.45) is 0 Å². The maximum atomic E-state index is 11.7. The van der Waals surface area contributed by atoms with Gasteiger partial charge in [-0.2, -0.15) is 0 Å². The highest BCUT2D eigenvalue weighted by atomic mass is 16.5. The quantitative estimate of drug-likeness (QED) is 0.551.